The van der Waals surface area contributed by atoms with Crippen LogP contribution in [-0.2, 0) is 4.79 Å². The minimum absolute atomic E-state index is 0.0393. The molecule has 108 valence electrons. The fourth-order valence-corrected chi connectivity index (χ4v) is 2.32. The molecule has 0 radical (unpaired) electrons. The van der Waals surface area contributed by atoms with Gasteiger partial charge >= 0.3 is 0 Å². The third-order valence-corrected chi connectivity index (χ3v) is 3.51. The number of amides is 2. The van der Waals surface area contributed by atoms with Gasteiger partial charge in [-0.3, -0.25) is 9.59 Å². The van der Waals surface area contributed by atoms with Gasteiger partial charge in [-0.05, 0) is 50.6 Å². The number of rotatable bonds is 4. The van der Waals surface area contributed by atoms with Gasteiger partial charge in [0.05, 0.1) is 5.92 Å². The van der Waals surface area contributed by atoms with Gasteiger partial charge in [0, 0.05) is 24.3 Å². The molecule has 0 bridgehead atoms. The van der Waals surface area contributed by atoms with E-state index in [2.05, 4.69) is 16.0 Å². The molecule has 5 heteroatoms. The molecule has 1 unspecified atom stereocenters. The SMILES string of the molecule is CCNC(=O)c1ccc(NC(=O)C2CCNC2)c(C)c1. The zero-order chi connectivity index (χ0) is 14.5. The van der Waals surface area contributed by atoms with Crippen molar-refractivity contribution < 1.29 is 9.59 Å². The highest BCUT2D eigenvalue weighted by Crippen LogP contribution is 2.19. The van der Waals surface area contributed by atoms with E-state index in [-0.39, 0.29) is 17.7 Å². The van der Waals surface area contributed by atoms with Crippen LogP contribution in [0.25, 0.3) is 0 Å². The van der Waals surface area contributed by atoms with Crippen molar-refractivity contribution in [1.29, 1.82) is 0 Å². The second-order valence-corrected chi connectivity index (χ2v) is 5.07. The number of benzene rings is 1. The fraction of sp³-hybridized carbons (Fsp3) is 0.467. The van der Waals surface area contributed by atoms with E-state index < -0.39 is 0 Å². The molecule has 5 nitrogen and oxygen atoms in total. The summed E-state index contributed by atoms with van der Waals surface area (Å²) in [6.45, 7) is 6.01. The van der Waals surface area contributed by atoms with Crippen molar-refractivity contribution in [2.24, 2.45) is 5.92 Å². The fourth-order valence-electron chi connectivity index (χ4n) is 2.32. The van der Waals surface area contributed by atoms with Gasteiger partial charge in [0.15, 0.2) is 0 Å². The molecule has 1 aromatic rings. The first kappa shape index (κ1) is 14.5. The van der Waals surface area contributed by atoms with Crippen LogP contribution < -0.4 is 16.0 Å². The number of carbonyl (C=O) groups is 2. The molecule has 20 heavy (non-hydrogen) atoms. The van der Waals surface area contributed by atoms with Crippen LogP contribution in [0.15, 0.2) is 18.2 Å². The Bertz CT molecular complexity index is 508. The number of hydrogen-bond donors (Lipinski definition) is 3. The Morgan fingerprint density at radius 2 is 2.20 bits per heavy atom. The number of carbonyl (C=O) groups excluding carboxylic acids is 2. The smallest absolute Gasteiger partial charge is 0.251 e. The minimum Gasteiger partial charge on any atom is -0.352 e. The van der Waals surface area contributed by atoms with Crippen molar-refractivity contribution in [3.05, 3.63) is 29.3 Å². The first-order chi connectivity index (χ1) is 9.61. The van der Waals surface area contributed by atoms with Crippen molar-refractivity contribution in [3.63, 3.8) is 0 Å². The quantitative estimate of drug-likeness (QED) is 0.775. The maximum atomic E-state index is 12.1. The Labute approximate surface area is 119 Å². The van der Waals surface area contributed by atoms with E-state index in [0.29, 0.717) is 12.1 Å². The second-order valence-electron chi connectivity index (χ2n) is 5.07. The highest BCUT2D eigenvalue weighted by Gasteiger charge is 2.22. The molecule has 1 aromatic carbocycles. The topological polar surface area (TPSA) is 70.2 Å². The summed E-state index contributed by atoms with van der Waals surface area (Å²) in [6.07, 6.45) is 0.877. The summed E-state index contributed by atoms with van der Waals surface area (Å²) >= 11 is 0. The molecule has 1 fully saturated rings. The minimum atomic E-state index is -0.0894. The summed E-state index contributed by atoms with van der Waals surface area (Å²) in [5.74, 6) is -0.00482. The predicted octanol–water partition coefficient (Wildman–Crippen LogP) is 1.29. The number of nitrogens with one attached hydrogen (secondary N) is 3. The lowest BCUT2D eigenvalue weighted by Gasteiger charge is -2.13. The maximum absolute atomic E-state index is 12.1. The summed E-state index contributed by atoms with van der Waals surface area (Å²) in [7, 11) is 0. The van der Waals surface area contributed by atoms with Crippen molar-refractivity contribution in [3.8, 4) is 0 Å². The van der Waals surface area contributed by atoms with E-state index in [1.54, 1.807) is 18.2 Å². The molecule has 1 atom stereocenters. The molecule has 2 rings (SSSR count). The van der Waals surface area contributed by atoms with Gasteiger partial charge < -0.3 is 16.0 Å². The monoisotopic (exact) mass is 275 g/mol. The number of hydrogen-bond acceptors (Lipinski definition) is 3. The first-order valence-electron chi connectivity index (χ1n) is 7.02. The third-order valence-electron chi connectivity index (χ3n) is 3.51. The lowest BCUT2D eigenvalue weighted by molar-refractivity contribution is -0.119. The third kappa shape index (κ3) is 3.36. The van der Waals surface area contributed by atoms with E-state index in [4.69, 9.17) is 0 Å². The molecule has 1 aliphatic rings. The zero-order valence-electron chi connectivity index (χ0n) is 12.0. The lowest BCUT2D eigenvalue weighted by atomic mass is 10.1. The van der Waals surface area contributed by atoms with Gasteiger partial charge in [-0.25, -0.2) is 0 Å². The van der Waals surface area contributed by atoms with Crippen molar-refractivity contribution in [1.82, 2.24) is 10.6 Å². The van der Waals surface area contributed by atoms with Crippen LogP contribution >= 0.6 is 0 Å². The van der Waals surface area contributed by atoms with Gasteiger partial charge in [0.1, 0.15) is 0 Å². The Morgan fingerprint density at radius 3 is 2.80 bits per heavy atom. The highest BCUT2D eigenvalue weighted by molar-refractivity contribution is 5.97. The molecule has 1 aliphatic heterocycles. The summed E-state index contributed by atoms with van der Waals surface area (Å²) in [6, 6.07) is 5.33. The Kier molecular flexibility index (Phi) is 4.74. The van der Waals surface area contributed by atoms with Gasteiger partial charge in [-0.2, -0.15) is 0 Å². The lowest BCUT2D eigenvalue weighted by Crippen LogP contribution is -2.25. The zero-order valence-corrected chi connectivity index (χ0v) is 12.0. The molecule has 0 aliphatic carbocycles. The van der Waals surface area contributed by atoms with E-state index in [0.717, 1.165) is 30.8 Å². The van der Waals surface area contributed by atoms with Crippen LogP contribution in [0.4, 0.5) is 5.69 Å². The van der Waals surface area contributed by atoms with E-state index >= 15 is 0 Å². The molecule has 0 spiro atoms. The molecule has 0 aromatic heterocycles. The van der Waals surface area contributed by atoms with Crippen LogP contribution in [0.2, 0.25) is 0 Å². The van der Waals surface area contributed by atoms with Crippen LogP contribution in [0.3, 0.4) is 0 Å². The number of aryl methyl sites for hydroxylation is 1. The van der Waals surface area contributed by atoms with E-state index in [1.165, 1.54) is 0 Å². The Hall–Kier alpha value is -1.88. The summed E-state index contributed by atoms with van der Waals surface area (Å²) in [4.78, 5) is 23.8. The van der Waals surface area contributed by atoms with Crippen LogP contribution in [-0.4, -0.2) is 31.4 Å². The molecular formula is C15H21N3O2. The largest absolute Gasteiger partial charge is 0.352 e. The number of anilines is 1. The molecular weight excluding hydrogens is 254 g/mol. The molecule has 0 saturated carbocycles. The van der Waals surface area contributed by atoms with Crippen LogP contribution in [0, 0.1) is 12.8 Å². The van der Waals surface area contributed by atoms with Crippen LogP contribution in [0.5, 0.6) is 0 Å². The normalized spacial score (nSPS) is 17.8. The average Bonchev–Trinajstić information content (AvgIpc) is 2.95. The molecule has 3 N–H and O–H groups in total. The highest BCUT2D eigenvalue weighted by atomic mass is 16.2. The van der Waals surface area contributed by atoms with Gasteiger partial charge in [0.2, 0.25) is 5.91 Å². The van der Waals surface area contributed by atoms with Crippen molar-refractivity contribution in [2.45, 2.75) is 20.3 Å². The first-order valence-corrected chi connectivity index (χ1v) is 7.02. The van der Waals surface area contributed by atoms with Gasteiger partial charge in [-0.15, -0.1) is 0 Å². The standard InChI is InChI=1S/C15H21N3O2/c1-3-17-14(19)11-4-5-13(10(2)8-11)18-15(20)12-6-7-16-9-12/h4-5,8,12,16H,3,6-7,9H2,1-2H3,(H,17,19)(H,18,20). The van der Waals surface area contributed by atoms with Gasteiger partial charge in [-0.1, -0.05) is 0 Å². The van der Waals surface area contributed by atoms with Gasteiger partial charge in [0.25, 0.3) is 5.91 Å². The molecule has 2 amide bonds. The average molecular weight is 275 g/mol. The van der Waals surface area contributed by atoms with Crippen LogP contribution in [0.1, 0.15) is 29.3 Å². The van der Waals surface area contributed by atoms with E-state index in [1.807, 2.05) is 13.8 Å². The van der Waals surface area contributed by atoms with E-state index in [9.17, 15) is 9.59 Å². The summed E-state index contributed by atoms with van der Waals surface area (Å²) < 4.78 is 0. The Balaban J connectivity index is 2.05. The van der Waals surface area contributed by atoms with Crippen molar-refractivity contribution >= 4 is 17.5 Å². The van der Waals surface area contributed by atoms with Crippen molar-refractivity contribution in [2.75, 3.05) is 25.0 Å². The molecule has 1 saturated heterocycles. The second kappa shape index (κ2) is 6.52. The summed E-state index contributed by atoms with van der Waals surface area (Å²) in [5, 5.41) is 8.88. The maximum Gasteiger partial charge on any atom is 0.251 e. The Morgan fingerprint density at radius 1 is 1.40 bits per heavy atom. The summed E-state index contributed by atoms with van der Waals surface area (Å²) in [5.41, 5.74) is 2.29. The predicted molar refractivity (Wildman–Crippen MR) is 78.8 cm³/mol. The molecule has 1 heterocycles.